The summed E-state index contributed by atoms with van der Waals surface area (Å²) < 4.78 is 45.4. The van der Waals surface area contributed by atoms with Crippen molar-refractivity contribution in [3.8, 4) is 5.75 Å². The van der Waals surface area contributed by atoms with Crippen LogP contribution in [0.2, 0.25) is 5.02 Å². The number of hydrogen-bond acceptors (Lipinski definition) is 3. The van der Waals surface area contributed by atoms with Crippen LogP contribution in [0.1, 0.15) is 24.2 Å². The van der Waals surface area contributed by atoms with Crippen LogP contribution < -0.4 is 10.5 Å². The van der Waals surface area contributed by atoms with Crippen LogP contribution in [0, 0.1) is 0 Å². The summed E-state index contributed by atoms with van der Waals surface area (Å²) in [6.07, 6.45) is -3.94. The Hall–Kier alpha value is -1.47. The number of pyridine rings is 1. The molecule has 0 saturated carbocycles. The second kappa shape index (κ2) is 6.34. The number of rotatable bonds is 3. The van der Waals surface area contributed by atoms with Crippen molar-refractivity contribution >= 4 is 33.3 Å². The summed E-state index contributed by atoms with van der Waals surface area (Å²) >= 11 is 9.00. The van der Waals surface area contributed by atoms with Gasteiger partial charge >= 0.3 is 6.18 Å². The number of benzene rings is 1. The highest BCUT2D eigenvalue weighted by atomic mass is 79.9. The molecule has 0 aliphatic carbocycles. The van der Waals surface area contributed by atoms with E-state index in [4.69, 9.17) is 22.1 Å². The number of aromatic nitrogens is 1. The number of nitrogen functional groups attached to an aromatic ring is 1. The quantitative estimate of drug-likeness (QED) is 0.773. The van der Waals surface area contributed by atoms with Gasteiger partial charge in [0, 0.05) is 21.3 Å². The molecule has 1 aromatic heterocycles. The second-order valence-corrected chi connectivity index (χ2v) is 5.88. The number of nitrogens with two attached hydrogens (primary N) is 1. The average Bonchev–Trinajstić information content (AvgIpc) is 2.41. The van der Waals surface area contributed by atoms with Crippen molar-refractivity contribution in [2.24, 2.45) is 0 Å². The minimum Gasteiger partial charge on any atom is -0.482 e. The van der Waals surface area contributed by atoms with Gasteiger partial charge in [-0.15, -0.1) is 0 Å². The van der Waals surface area contributed by atoms with E-state index in [1.807, 2.05) is 0 Å². The van der Waals surface area contributed by atoms with Crippen LogP contribution in [0.4, 0.5) is 19.0 Å². The SMILES string of the molecule is CC(Oc1cc(Br)cnc1N)c1cc(Cl)ccc1C(F)(F)F. The fourth-order valence-electron chi connectivity index (χ4n) is 1.91. The first-order valence-electron chi connectivity index (χ1n) is 6.13. The van der Waals surface area contributed by atoms with Gasteiger partial charge in [-0.05, 0) is 47.1 Å². The monoisotopic (exact) mass is 394 g/mol. The lowest BCUT2D eigenvalue weighted by molar-refractivity contribution is -0.138. The van der Waals surface area contributed by atoms with Gasteiger partial charge < -0.3 is 10.5 Å². The molecule has 3 nitrogen and oxygen atoms in total. The van der Waals surface area contributed by atoms with Gasteiger partial charge in [0.15, 0.2) is 11.6 Å². The molecule has 1 unspecified atom stereocenters. The number of nitrogens with zero attached hydrogens (tertiary/aromatic N) is 1. The van der Waals surface area contributed by atoms with E-state index in [0.717, 1.165) is 6.07 Å². The van der Waals surface area contributed by atoms with Crippen molar-refractivity contribution in [3.63, 3.8) is 0 Å². The molecule has 0 saturated heterocycles. The highest BCUT2D eigenvalue weighted by Crippen LogP contribution is 2.38. The summed E-state index contributed by atoms with van der Waals surface area (Å²) in [5, 5.41) is 0.193. The van der Waals surface area contributed by atoms with Crippen LogP contribution in [0.5, 0.6) is 5.75 Å². The van der Waals surface area contributed by atoms with Crippen LogP contribution in [0.25, 0.3) is 0 Å². The third-order valence-corrected chi connectivity index (χ3v) is 3.58. The topological polar surface area (TPSA) is 48.1 Å². The lowest BCUT2D eigenvalue weighted by atomic mass is 10.0. The normalized spacial score (nSPS) is 13.0. The molecule has 0 fully saturated rings. The van der Waals surface area contributed by atoms with Crippen LogP contribution in [0.15, 0.2) is 34.9 Å². The van der Waals surface area contributed by atoms with Gasteiger partial charge in [-0.1, -0.05) is 11.6 Å². The van der Waals surface area contributed by atoms with Crippen molar-refractivity contribution in [3.05, 3.63) is 51.1 Å². The van der Waals surface area contributed by atoms with Gasteiger partial charge in [0.1, 0.15) is 6.10 Å². The van der Waals surface area contributed by atoms with E-state index >= 15 is 0 Å². The van der Waals surface area contributed by atoms with Crippen molar-refractivity contribution in [1.29, 1.82) is 0 Å². The molecule has 1 atom stereocenters. The van der Waals surface area contributed by atoms with E-state index in [2.05, 4.69) is 20.9 Å². The summed E-state index contributed by atoms with van der Waals surface area (Å²) in [6, 6.07) is 4.89. The number of anilines is 1. The summed E-state index contributed by atoms with van der Waals surface area (Å²) in [5.41, 5.74) is 4.79. The van der Waals surface area contributed by atoms with Gasteiger partial charge in [-0.25, -0.2) is 4.98 Å². The molecule has 0 spiro atoms. The molecule has 8 heteroatoms. The zero-order valence-corrected chi connectivity index (χ0v) is 13.6. The van der Waals surface area contributed by atoms with Gasteiger partial charge in [0.05, 0.1) is 5.56 Å². The van der Waals surface area contributed by atoms with Crippen LogP contribution >= 0.6 is 27.5 Å². The minimum absolute atomic E-state index is 0.0700. The van der Waals surface area contributed by atoms with Crippen LogP contribution in [-0.4, -0.2) is 4.98 Å². The van der Waals surface area contributed by atoms with Crippen LogP contribution in [-0.2, 0) is 6.18 Å². The van der Waals surface area contributed by atoms with Crippen molar-refractivity contribution < 1.29 is 17.9 Å². The lowest BCUT2D eigenvalue weighted by Crippen LogP contribution is -2.14. The van der Waals surface area contributed by atoms with E-state index in [9.17, 15) is 13.2 Å². The number of hydrogen-bond donors (Lipinski definition) is 1. The second-order valence-electron chi connectivity index (χ2n) is 4.53. The molecule has 22 heavy (non-hydrogen) atoms. The first-order valence-corrected chi connectivity index (χ1v) is 7.30. The Balaban J connectivity index is 2.39. The van der Waals surface area contributed by atoms with Gasteiger partial charge in [-0.3, -0.25) is 0 Å². The highest BCUT2D eigenvalue weighted by Gasteiger charge is 2.35. The maximum Gasteiger partial charge on any atom is 0.416 e. The lowest BCUT2D eigenvalue weighted by Gasteiger charge is -2.20. The summed E-state index contributed by atoms with van der Waals surface area (Å²) in [4.78, 5) is 3.87. The molecule has 1 aromatic carbocycles. The molecular formula is C14H11BrClF3N2O. The Morgan fingerprint density at radius 2 is 2.00 bits per heavy atom. The zero-order chi connectivity index (χ0) is 16.5. The smallest absolute Gasteiger partial charge is 0.416 e. The number of halogens is 5. The molecule has 0 radical (unpaired) electrons. The molecular weight excluding hydrogens is 385 g/mol. The molecule has 2 aromatic rings. The third-order valence-electron chi connectivity index (χ3n) is 2.91. The molecule has 0 amide bonds. The van der Waals surface area contributed by atoms with E-state index < -0.39 is 17.8 Å². The van der Waals surface area contributed by atoms with E-state index in [0.29, 0.717) is 4.47 Å². The summed E-state index contributed by atoms with van der Waals surface area (Å²) in [5.74, 6) is 0.278. The van der Waals surface area contributed by atoms with Crippen molar-refractivity contribution in [2.75, 3.05) is 5.73 Å². The molecule has 1 heterocycles. The van der Waals surface area contributed by atoms with Gasteiger partial charge in [0.2, 0.25) is 0 Å². The molecule has 0 aliphatic rings. The standard InChI is InChI=1S/C14H11BrClF3N2O/c1-7(22-12-4-8(15)6-21-13(12)20)10-5-9(16)2-3-11(10)14(17,18)19/h2-7H,1H3,(H2,20,21). The van der Waals surface area contributed by atoms with E-state index in [-0.39, 0.29) is 22.2 Å². The maximum atomic E-state index is 13.1. The first kappa shape index (κ1) is 16.9. The Morgan fingerprint density at radius 1 is 1.32 bits per heavy atom. The van der Waals surface area contributed by atoms with Gasteiger partial charge in [0.25, 0.3) is 0 Å². The fourth-order valence-corrected chi connectivity index (χ4v) is 2.40. The predicted molar refractivity (Wildman–Crippen MR) is 81.8 cm³/mol. The fraction of sp³-hybridized carbons (Fsp3) is 0.214. The highest BCUT2D eigenvalue weighted by molar-refractivity contribution is 9.10. The molecule has 0 bridgehead atoms. The number of alkyl halides is 3. The van der Waals surface area contributed by atoms with Crippen molar-refractivity contribution in [2.45, 2.75) is 19.2 Å². The Labute approximate surface area is 138 Å². The molecule has 2 rings (SSSR count). The molecule has 0 aliphatic heterocycles. The average molecular weight is 396 g/mol. The maximum absolute atomic E-state index is 13.1. The number of ether oxygens (including phenoxy) is 1. The van der Waals surface area contributed by atoms with E-state index in [1.54, 1.807) is 0 Å². The Kier molecular flexibility index (Phi) is 4.87. The van der Waals surface area contributed by atoms with Gasteiger partial charge in [-0.2, -0.15) is 13.2 Å². The molecule has 118 valence electrons. The zero-order valence-electron chi connectivity index (χ0n) is 11.3. The largest absolute Gasteiger partial charge is 0.482 e. The summed E-state index contributed by atoms with van der Waals surface area (Å²) in [7, 11) is 0. The minimum atomic E-state index is -4.50. The van der Waals surface area contributed by atoms with Crippen molar-refractivity contribution in [1.82, 2.24) is 4.98 Å². The summed E-state index contributed by atoms with van der Waals surface area (Å²) in [6.45, 7) is 1.49. The third kappa shape index (κ3) is 3.84. The Morgan fingerprint density at radius 3 is 2.64 bits per heavy atom. The Bertz CT molecular complexity index is 694. The predicted octanol–water partition coefficient (Wildman–Crippen LogP) is 5.24. The first-order chi connectivity index (χ1) is 10.2. The molecule has 2 N–H and O–H groups in total. The van der Waals surface area contributed by atoms with E-state index in [1.165, 1.54) is 31.3 Å². The van der Waals surface area contributed by atoms with Crippen LogP contribution in [0.3, 0.4) is 0 Å².